The summed E-state index contributed by atoms with van der Waals surface area (Å²) in [5.74, 6) is 0.778. The molecule has 4 rings (SSSR count). The summed E-state index contributed by atoms with van der Waals surface area (Å²) in [6.07, 6.45) is 111. The van der Waals surface area contributed by atoms with Gasteiger partial charge in [0.1, 0.15) is 0 Å². The Morgan fingerprint density at radius 2 is 0.735 bits per heavy atom. The molecule has 102 heavy (non-hydrogen) atoms. The zero-order chi connectivity index (χ0) is 72.6. The third kappa shape index (κ3) is 49.3. The van der Waals surface area contributed by atoms with Gasteiger partial charge in [0.25, 0.3) is 0 Å². The molecule has 0 bridgehead atoms. The Morgan fingerprint density at radius 1 is 0.412 bits per heavy atom. The third-order valence-electron chi connectivity index (χ3n) is 22.6. The number of ether oxygens (including phenoxy) is 4. The van der Waals surface area contributed by atoms with E-state index in [4.69, 9.17) is 24.0 Å². The van der Waals surface area contributed by atoms with Crippen LogP contribution in [0.15, 0.2) is 90.2 Å². The van der Waals surface area contributed by atoms with Gasteiger partial charge in [0.15, 0.2) is 23.5 Å². The van der Waals surface area contributed by atoms with Crippen LogP contribution in [-0.4, -0.2) is 110 Å². The summed E-state index contributed by atoms with van der Waals surface area (Å²) in [5.41, 5.74) is 1.25. The lowest BCUT2D eigenvalue weighted by atomic mass is 9.82. The number of rotatable bonds is 70. The number of hydrogen-bond acceptors (Lipinski definition) is 7. The minimum absolute atomic E-state index is 0.130. The van der Waals surface area contributed by atoms with Gasteiger partial charge in [0.05, 0.1) is 31.8 Å². The number of nitrogens with zero attached hydrogens (tertiary/aromatic N) is 4. The topological polar surface area (TPSA) is 58.8 Å². The van der Waals surface area contributed by atoms with Crippen LogP contribution in [0.4, 0.5) is 0 Å². The first-order valence-electron chi connectivity index (χ1n) is 44.9. The molecule has 3 heterocycles. The highest BCUT2D eigenvalue weighted by molar-refractivity contribution is 5.89. The van der Waals surface area contributed by atoms with Crippen LogP contribution >= 0.6 is 0 Å². The molecule has 0 aromatic carbocycles. The molecule has 0 aromatic heterocycles. The van der Waals surface area contributed by atoms with Crippen molar-refractivity contribution >= 4 is 11.9 Å². The van der Waals surface area contributed by atoms with Crippen LogP contribution in [0.5, 0.6) is 0 Å². The van der Waals surface area contributed by atoms with Crippen molar-refractivity contribution in [2.75, 3.05) is 54.0 Å². The lowest BCUT2D eigenvalue weighted by molar-refractivity contribution is -0.539. The molecular formula is C94H169N4O4+. The maximum Gasteiger partial charge on any atom is 0.219 e. The Kier molecular flexibility index (Phi) is 57.8. The van der Waals surface area contributed by atoms with Crippen molar-refractivity contribution in [2.24, 2.45) is 16.9 Å². The van der Waals surface area contributed by atoms with Crippen molar-refractivity contribution in [1.29, 1.82) is 0 Å². The average Bonchev–Trinajstić information content (AvgIpc) is 1.67. The van der Waals surface area contributed by atoms with E-state index in [-0.39, 0.29) is 18.0 Å². The molecule has 0 radical (unpaired) electrons. The third-order valence-corrected chi connectivity index (χ3v) is 22.6. The van der Waals surface area contributed by atoms with Gasteiger partial charge in [-0.3, -0.25) is 0 Å². The molecule has 0 aromatic rings. The van der Waals surface area contributed by atoms with Crippen molar-refractivity contribution in [2.45, 2.75) is 436 Å². The van der Waals surface area contributed by atoms with Gasteiger partial charge in [-0.2, -0.15) is 0 Å². The second-order valence-electron chi connectivity index (χ2n) is 32.9. The minimum atomic E-state index is -0.400. The van der Waals surface area contributed by atoms with E-state index >= 15 is 0 Å². The number of allylic oxidation sites excluding steroid dienone is 14. The predicted octanol–water partition coefficient (Wildman–Crippen LogP) is 27.8. The lowest BCUT2D eigenvalue weighted by Gasteiger charge is -2.36. The molecule has 0 amide bonds. The summed E-state index contributed by atoms with van der Waals surface area (Å²) in [4.78, 5) is 4.92. The zero-order valence-corrected chi connectivity index (χ0v) is 68.7. The number of unbranched alkanes of at least 4 members (excludes halogenated alkanes) is 37. The quantitative estimate of drug-likeness (QED) is 0.0344. The average molecular weight is 1420 g/mol. The summed E-state index contributed by atoms with van der Waals surface area (Å²) in [6.45, 7) is 14.0. The Bertz CT molecular complexity index is 2200. The van der Waals surface area contributed by atoms with Gasteiger partial charge in [-0.05, 0) is 224 Å². The summed E-state index contributed by atoms with van der Waals surface area (Å²) >= 11 is 0. The van der Waals surface area contributed by atoms with Crippen LogP contribution < -0.4 is 0 Å². The molecule has 1 saturated carbocycles. The normalized spacial score (nSPS) is 22.1. The van der Waals surface area contributed by atoms with E-state index in [1.54, 1.807) is 0 Å². The van der Waals surface area contributed by atoms with E-state index in [2.05, 4.69) is 155 Å². The van der Waals surface area contributed by atoms with Crippen LogP contribution in [0.1, 0.15) is 407 Å². The molecule has 4 aliphatic rings. The van der Waals surface area contributed by atoms with Crippen molar-refractivity contribution in [3.8, 4) is 0 Å². The Balaban J connectivity index is 1.03. The van der Waals surface area contributed by atoms with Gasteiger partial charge in [-0.1, -0.05) is 278 Å². The lowest BCUT2D eigenvalue weighted by Crippen LogP contribution is -2.38. The van der Waals surface area contributed by atoms with Crippen LogP contribution in [0.25, 0.3) is 0 Å². The molecule has 3 aliphatic heterocycles. The molecule has 8 heteroatoms. The first-order valence-corrected chi connectivity index (χ1v) is 44.9. The van der Waals surface area contributed by atoms with Crippen molar-refractivity contribution in [3.63, 3.8) is 0 Å². The van der Waals surface area contributed by atoms with E-state index in [0.29, 0.717) is 6.61 Å². The summed E-state index contributed by atoms with van der Waals surface area (Å²) in [5, 5.41) is 4.70. The van der Waals surface area contributed by atoms with Crippen molar-refractivity contribution in [1.82, 2.24) is 9.80 Å². The summed E-state index contributed by atoms with van der Waals surface area (Å²) < 4.78 is 29.5. The van der Waals surface area contributed by atoms with Crippen LogP contribution in [0, 0.1) is 11.8 Å². The van der Waals surface area contributed by atoms with Gasteiger partial charge in [0.2, 0.25) is 6.54 Å². The second-order valence-corrected chi connectivity index (χ2v) is 32.9. The maximum atomic E-state index is 7.12. The number of hydrogen-bond donors (Lipinski definition) is 0. The second kappa shape index (κ2) is 64.3. The Hall–Kier alpha value is -2.72. The molecule has 5 unspecified atom stereocenters. The first-order chi connectivity index (χ1) is 50.2. The zero-order valence-electron chi connectivity index (χ0n) is 68.7. The van der Waals surface area contributed by atoms with Gasteiger partial charge in [-0.25, -0.2) is 0 Å². The SMILES string of the molecule is CCCCCC=CCC=CCCCCCCCCC1(CCCCCCCCC=CCC=CCCCC(C)CN(C)C2CCC(CC3COC(CCCCCCCCC=CCC=CCCCCC)(CCCCCCCCC=CCCCCCCCC)O3)CC2)OCC(CC=[N+]2CC(CN(C)C)=N2)O1. The van der Waals surface area contributed by atoms with E-state index < -0.39 is 5.79 Å². The van der Waals surface area contributed by atoms with Crippen molar-refractivity contribution < 1.29 is 23.6 Å². The Morgan fingerprint density at radius 3 is 1.13 bits per heavy atom. The highest BCUT2D eigenvalue weighted by atomic mass is 16.7. The molecule has 3 fully saturated rings. The molecule has 588 valence electrons. The molecule has 0 N–H and O–H groups in total. The van der Waals surface area contributed by atoms with E-state index in [1.807, 2.05) is 0 Å². The van der Waals surface area contributed by atoms with Crippen LogP contribution in [-0.2, 0) is 18.9 Å². The predicted molar refractivity (Wildman–Crippen MR) is 447 cm³/mol. The van der Waals surface area contributed by atoms with Crippen LogP contribution in [0.3, 0.4) is 0 Å². The minimum Gasteiger partial charge on any atom is -0.347 e. The van der Waals surface area contributed by atoms with Gasteiger partial charge < -0.3 is 28.7 Å². The monoisotopic (exact) mass is 1420 g/mol. The van der Waals surface area contributed by atoms with Gasteiger partial charge in [0, 0.05) is 44.8 Å². The standard InChI is InChI=1S/C94H169N4O4/c1-8-11-14-17-20-23-26-29-32-36-41-46-51-56-61-66-76-93(99-85-91(101-93)75-80-98-84-89(95-98)83-96(5)6)77-67-62-57-52-47-44-39-35-40-45-50-55-60-65-70-87(4)82-97(7)90-73-71-88(72-74-90)81-92-86-100-94(102-92,78-68-63-58-53-48-42-37-33-30-27-24-21-18-15-12-9-2)79-69-64-59-54-49-43-38-34-31-28-25-22-19-16-13-10-3/h20-21,23-24,29-35,40,50,55,80,87-88,90-92H,8-19,22,25-28,36-39,41-49,51-54,56-79,81-86H2,1-7H3/q+1. The summed E-state index contributed by atoms with van der Waals surface area (Å²) in [6, 6.07) is 0.730. The number of hydrazone groups is 1. The molecule has 1 aliphatic carbocycles. The van der Waals surface area contributed by atoms with E-state index in [1.165, 1.54) is 340 Å². The highest BCUT2D eigenvalue weighted by Crippen LogP contribution is 2.40. The largest absolute Gasteiger partial charge is 0.347 e. The fourth-order valence-corrected chi connectivity index (χ4v) is 16.2. The van der Waals surface area contributed by atoms with E-state index in [0.717, 1.165) is 88.9 Å². The smallest absolute Gasteiger partial charge is 0.219 e. The van der Waals surface area contributed by atoms with Gasteiger partial charge in [-0.15, -0.1) is 0 Å². The fourth-order valence-electron chi connectivity index (χ4n) is 16.2. The van der Waals surface area contributed by atoms with Crippen LogP contribution in [0.2, 0.25) is 0 Å². The molecule has 2 saturated heterocycles. The highest BCUT2D eigenvalue weighted by Gasteiger charge is 2.43. The maximum absolute atomic E-state index is 7.12. The summed E-state index contributed by atoms with van der Waals surface area (Å²) in [7, 11) is 6.64. The first kappa shape index (κ1) is 91.7. The Labute approximate surface area is 634 Å². The van der Waals surface area contributed by atoms with E-state index in [9.17, 15) is 0 Å². The molecule has 5 atom stereocenters. The molecule has 8 nitrogen and oxygen atoms in total. The fraction of sp³-hybridized carbons (Fsp3) is 0.830. The molecule has 0 spiro atoms. The van der Waals surface area contributed by atoms with Gasteiger partial charge >= 0.3 is 0 Å². The molecular weight excluding hydrogens is 1250 g/mol. The van der Waals surface area contributed by atoms with Crippen molar-refractivity contribution in [3.05, 3.63) is 85.1 Å².